The number of fused-ring (bicyclic) bond motifs is 1. The standard InChI is InChI=1S/C27H43N3O6S/c1-5-10-29(12-11-28-13-15-35-16-14-28)25(33)23-27-9-8-20(37-27)21(26(34)36-7-3)22(27)24(32)30(23)19(17-31)18(4)6-2/h5,18-23,31H,1,6-17H2,2-4H3/t18-,19-,20-,21+,22-,23?,27?/m0/s1. The summed E-state index contributed by atoms with van der Waals surface area (Å²) in [6.45, 7) is 14.4. The quantitative estimate of drug-likeness (QED) is 0.295. The first kappa shape index (κ1) is 28.4. The lowest BCUT2D eigenvalue weighted by Gasteiger charge is -2.41. The van der Waals surface area contributed by atoms with E-state index in [-0.39, 0.29) is 42.2 Å². The highest BCUT2D eigenvalue weighted by atomic mass is 32.2. The van der Waals surface area contributed by atoms with E-state index in [0.29, 0.717) is 32.7 Å². The number of aliphatic hydroxyl groups is 1. The molecule has 0 radical (unpaired) electrons. The fourth-order valence-corrected chi connectivity index (χ4v) is 8.94. The maximum absolute atomic E-state index is 14.5. The number of ether oxygens (including phenoxy) is 2. The van der Waals surface area contributed by atoms with Crippen molar-refractivity contribution in [2.75, 3.05) is 59.2 Å². The van der Waals surface area contributed by atoms with Crippen LogP contribution in [0.4, 0.5) is 0 Å². The van der Waals surface area contributed by atoms with Gasteiger partial charge in [-0.3, -0.25) is 19.3 Å². The molecule has 2 bridgehead atoms. The predicted molar refractivity (Wildman–Crippen MR) is 142 cm³/mol. The summed E-state index contributed by atoms with van der Waals surface area (Å²) in [5.74, 6) is -1.78. The van der Waals surface area contributed by atoms with Crippen LogP contribution in [0.25, 0.3) is 0 Å². The second-order valence-electron chi connectivity index (χ2n) is 10.7. The number of morpholine rings is 1. The Morgan fingerprint density at radius 3 is 2.70 bits per heavy atom. The van der Waals surface area contributed by atoms with Gasteiger partial charge < -0.3 is 24.4 Å². The van der Waals surface area contributed by atoms with Gasteiger partial charge in [0.2, 0.25) is 11.8 Å². The molecule has 1 N–H and O–H groups in total. The molecule has 7 atom stereocenters. The molecule has 9 nitrogen and oxygen atoms in total. The Morgan fingerprint density at radius 1 is 1.35 bits per heavy atom. The van der Waals surface area contributed by atoms with Crippen LogP contribution in [-0.2, 0) is 23.9 Å². The minimum absolute atomic E-state index is 0.00363. The molecule has 4 rings (SSSR count). The molecule has 4 saturated heterocycles. The first-order chi connectivity index (χ1) is 17.8. The molecule has 2 amide bonds. The van der Waals surface area contributed by atoms with Crippen molar-refractivity contribution < 1.29 is 29.0 Å². The Morgan fingerprint density at radius 2 is 2.08 bits per heavy atom. The zero-order valence-corrected chi connectivity index (χ0v) is 23.3. The highest BCUT2D eigenvalue weighted by molar-refractivity contribution is 8.02. The first-order valence-electron chi connectivity index (χ1n) is 13.8. The Balaban J connectivity index is 1.69. The molecule has 10 heteroatoms. The Labute approximate surface area is 224 Å². The van der Waals surface area contributed by atoms with Gasteiger partial charge in [0.05, 0.1) is 49.1 Å². The van der Waals surface area contributed by atoms with Gasteiger partial charge in [-0.1, -0.05) is 26.3 Å². The number of nitrogens with zero attached hydrogens (tertiary/aromatic N) is 3. The lowest BCUT2D eigenvalue weighted by Crippen LogP contribution is -2.59. The monoisotopic (exact) mass is 537 g/mol. The second kappa shape index (κ2) is 12.1. The topological polar surface area (TPSA) is 99.6 Å². The lowest BCUT2D eigenvalue weighted by molar-refractivity contribution is -0.154. The third-order valence-electron chi connectivity index (χ3n) is 8.83. The normalized spacial score (nSPS) is 32.8. The van der Waals surface area contributed by atoms with Crippen molar-refractivity contribution in [1.29, 1.82) is 0 Å². The average molecular weight is 538 g/mol. The number of rotatable bonds is 12. The molecule has 4 aliphatic heterocycles. The zero-order chi connectivity index (χ0) is 26.7. The van der Waals surface area contributed by atoms with Gasteiger partial charge in [0.1, 0.15) is 6.04 Å². The summed E-state index contributed by atoms with van der Waals surface area (Å²) >= 11 is 1.64. The van der Waals surface area contributed by atoms with Gasteiger partial charge in [-0.05, 0) is 25.7 Å². The van der Waals surface area contributed by atoms with Gasteiger partial charge in [0.25, 0.3) is 0 Å². The van der Waals surface area contributed by atoms with Crippen LogP contribution in [0, 0.1) is 17.8 Å². The minimum atomic E-state index is -0.727. The number of amides is 2. The second-order valence-corrected chi connectivity index (χ2v) is 12.3. The molecule has 208 valence electrons. The molecule has 0 aromatic rings. The van der Waals surface area contributed by atoms with Gasteiger partial charge >= 0.3 is 5.97 Å². The number of hydrogen-bond donors (Lipinski definition) is 1. The summed E-state index contributed by atoms with van der Waals surface area (Å²) in [5.41, 5.74) is 0. The van der Waals surface area contributed by atoms with E-state index in [2.05, 4.69) is 11.5 Å². The van der Waals surface area contributed by atoms with Crippen molar-refractivity contribution in [3.05, 3.63) is 12.7 Å². The molecule has 0 saturated carbocycles. The van der Waals surface area contributed by atoms with Gasteiger partial charge in [0, 0.05) is 38.0 Å². The van der Waals surface area contributed by atoms with Gasteiger partial charge in [-0.15, -0.1) is 18.3 Å². The van der Waals surface area contributed by atoms with Crippen LogP contribution in [0.3, 0.4) is 0 Å². The van der Waals surface area contributed by atoms with Crippen LogP contribution in [0.15, 0.2) is 12.7 Å². The largest absolute Gasteiger partial charge is 0.466 e. The first-order valence-corrected chi connectivity index (χ1v) is 14.7. The molecule has 2 unspecified atom stereocenters. The summed E-state index contributed by atoms with van der Waals surface area (Å²) in [6, 6.07) is -1.21. The SMILES string of the molecule is C=CCN(CCN1CCOCC1)C(=O)C1N([C@@H](CO)[C@@H](C)CC)C(=O)[C@@H]2[C@H](C(=O)OCC)[C@@H]3CCC12S3. The molecular weight excluding hydrogens is 494 g/mol. The molecule has 37 heavy (non-hydrogen) atoms. The number of thioether (sulfide) groups is 1. The van der Waals surface area contributed by atoms with Crippen molar-refractivity contribution >= 4 is 29.5 Å². The highest BCUT2D eigenvalue weighted by Crippen LogP contribution is 2.67. The van der Waals surface area contributed by atoms with Gasteiger partial charge in [-0.25, -0.2) is 0 Å². The third-order valence-corrected chi connectivity index (χ3v) is 10.8. The van der Waals surface area contributed by atoms with E-state index in [1.807, 2.05) is 13.8 Å². The van der Waals surface area contributed by atoms with Crippen molar-refractivity contribution in [1.82, 2.24) is 14.7 Å². The van der Waals surface area contributed by atoms with E-state index in [1.165, 1.54) is 0 Å². The minimum Gasteiger partial charge on any atom is -0.466 e. The molecule has 0 aliphatic carbocycles. The predicted octanol–water partition coefficient (Wildman–Crippen LogP) is 1.39. The molecule has 4 aliphatic rings. The molecule has 0 aromatic heterocycles. The number of carbonyl (C=O) groups excluding carboxylic acids is 3. The fraction of sp³-hybridized carbons (Fsp3) is 0.815. The van der Waals surface area contributed by atoms with Gasteiger partial charge in [-0.2, -0.15) is 0 Å². The van der Waals surface area contributed by atoms with E-state index in [1.54, 1.807) is 34.6 Å². The molecule has 1 spiro atoms. The number of esters is 1. The van der Waals surface area contributed by atoms with Crippen molar-refractivity contribution in [2.45, 2.75) is 62.1 Å². The molecular formula is C27H43N3O6S. The highest BCUT2D eigenvalue weighted by Gasteiger charge is 2.75. The number of carbonyl (C=O) groups is 3. The van der Waals surface area contributed by atoms with Crippen LogP contribution >= 0.6 is 11.8 Å². The van der Waals surface area contributed by atoms with Crippen LogP contribution in [0.1, 0.15) is 40.0 Å². The van der Waals surface area contributed by atoms with Crippen molar-refractivity contribution in [2.24, 2.45) is 17.8 Å². The van der Waals surface area contributed by atoms with E-state index in [4.69, 9.17) is 9.47 Å². The number of aliphatic hydroxyl groups excluding tert-OH is 1. The summed E-state index contributed by atoms with van der Waals surface area (Å²) in [4.78, 5) is 47.5. The molecule has 4 heterocycles. The van der Waals surface area contributed by atoms with Crippen LogP contribution < -0.4 is 0 Å². The van der Waals surface area contributed by atoms with Crippen molar-refractivity contribution in [3.8, 4) is 0 Å². The van der Waals surface area contributed by atoms with E-state index in [0.717, 1.165) is 32.5 Å². The number of likely N-dealkylation sites (tertiary alicyclic amines) is 1. The number of hydrogen-bond acceptors (Lipinski definition) is 8. The van der Waals surface area contributed by atoms with Crippen molar-refractivity contribution in [3.63, 3.8) is 0 Å². The molecule has 4 fully saturated rings. The van der Waals surface area contributed by atoms with E-state index < -0.39 is 28.7 Å². The summed E-state index contributed by atoms with van der Waals surface area (Å²) in [5, 5.41) is 10.4. The Hall–Kier alpha value is -1.62. The van der Waals surface area contributed by atoms with Crippen LogP contribution in [-0.4, -0.2) is 119 Å². The smallest absolute Gasteiger partial charge is 0.310 e. The zero-order valence-electron chi connectivity index (χ0n) is 22.5. The van der Waals surface area contributed by atoms with E-state index >= 15 is 0 Å². The Bertz CT molecular complexity index is 867. The average Bonchev–Trinajstić information content (AvgIpc) is 3.55. The summed E-state index contributed by atoms with van der Waals surface area (Å²) < 4.78 is 10.2. The maximum Gasteiger partial charge on any atom is 0.310 e. The van der Waals surface area contributed by atoms with Crippen LogP contribution in [0.2, 0.25) is 0 Å². The summed E-state index contributed by atoms with van der Waals surface area (Å²) in [7, 11) is 0. The third kappa shape index (κ3) is 5.06. The van der Waals surface area contributed by atoms with Gasteiger partial charge in [0.15, 0.2) is 0 Å². The molecule has 0 aromatic carbocycles. The summed E-state index contributed by atoms with van der Waals surface area (Å²) in [6.07, 6.45) is 3.97. The maximum atomic E-state index is 14.5. The Kier molecular flexibility index (Phi) is 9.25. The van der Waals surface area contributed by atoms with Crippen LogP contribution in [0.5, 0.6) is 0 Å². The van der Waals surface area contributed by atoms with E-state index in [9.17, 15) is 19.5 Å². The lowest BCUT2D eigenvalue weighted by atomic mass is 9.71. The fourth-order valence-electron chi connectivity index (χ4n) is 6.76.